The molecule has 2 aromatic rings. The first-order valence-electron chi connectivity index (χ1n) is 7.97. The van der Waals surface area contributed by atoms with E-state index in [2.05, 4.69) is 35.6 Å². The summed E-state index contributed by atoms with van der Waals surface area (Å²) in [6.45, 7) is 3.57. The number of hydrogen-bond donors (Lipinski definition) is 2. The quantitative estimate of drug-likeness (QED) is 0.823. The molecule has 0 aliphatic carbocycles. The lowest BCUT2D eigenvalue weighted by Gasteiger charge is -2.17. The highest BCUT2D eigenvalue weighted by Crippen LogP contribution is 2.17. The van der Waals surface area contributed by atoms with Crippen molar-refractivity contribution in [2.24, 2.45) is 5.92 Å². The number of carbonyl (C=O) groups excluding carboxylic acids is 1. The van der Waals surface area contributed by atoms with Crippen molar-refractivity contribution < 1.29 is 14.7 Å². The standard InChI is InChI=1S/C19H23NO3/c1-13(2)18(19(22)23)20-17(21)9-5-6-14-10-11-15-7-3-4-8-16(15)12-14/h3-4,7-8,10-13,18H,5-6,9H2,1-2H3,(H,20,21)(H,22,23)/t18-/m0/s1. The van der Waals surface area contributed by atoms with Crippen LogP contribution < -0.4 is 5.32 Å². The Balaban J connectivity index is 1.85. The Morgan fingerprint density at radius 2 is 1.78 bits per heavy atom. The number of benzene rings is 2. The van der Waals surface area contributed by atoms with Crippen LogP contribution >= 0.6 is 0 Å². The van der Waals surface area contributed by atoms with Crippen LogP contribution in [0.15, 0.2) is 42.5 Å². The third-order valence-electron chi connectivity index (χ3n) is 3.93. The molecule has 2 rings (SSSR count). The maximum atomic E-state index is 11.9. The Morgan fingerprint density at radius 1 is 1.09 bits per heavy atom. The molecular weight excluding hydrogens is 290 g/mol. The topological polar surface area (TPSA) is 66.4 Å². The fourth-order valence-electron chi connectivity index (χ4n) is 2.61. The summed E-state index contributed by atoms with van der Waals surface area (Å²) in [6.07, 6.45) is 1.84. The minimum Gasteiger partial charge on any atom is -0.480 e. The van der Waals surface area contributed by atoms with Gasteiger partial charge in [-0.1, -0.05) is 56.3 Å². The summed E-state index contributed by atoms with van der Waals surface area (Å²) < 4.78 is 0. The third kappa shape index (κ3) is 4.81. The first kappa shape index (κ1) is 17.0. The number of nitrogens with one attached hydrogen (secondary N) is 1. The monoisotopic (exact) mass is 313 g/mol. The van der Waals surface area contributed by atoms with Crippen LogP contribution in [-0.2, 0) is 16.0 Å². The molecule has 0 fully saturated rings. The smallest absolute Gasteiger partial charge is 0.326 e. The van der Waals surface area contributed by atoms with Gasteiger partial charge in [0.05, 0.1) is 0 Å². The molecule has 0 saturated carbocycles. The maximum Gasteiger partial charge on any atom is 0.326 e. The molecule has 122 valence electrons. The van der Waals surface area contributed by atoms with E-state index in [-0.39, 0.29) is 11.8 Å². The van der Waals surface area contributed by atoms with Crippen LogP contribution in [0.5, 0.6) is 0 Å². The minimum atomic E-state index is -0.983. The van der Waals surface area contributed by atoms with E-state index >= 15 is 0 Å². The molecule has 0 spiro atoms. The fraction of sp³-hybridized carbons (Fsp3) is 0.368. The van der Waals surface area contributed by atoms with E-state index in [0.29, 0.717) is 12.8 Å². The SMILES string of the molecule is CC(C)[C@H](NC(=O)CCCc1ccc2ccccc2c1)C(=O)O. The number of rotatable bonds is 7. The maximum absolute atomic E-state index is 11.9. The Kier molecular flexibility index (Phi) is 5.74. The van der Waals surface area contributed by atoms with Gasteiger partial charge in [0.2, 0.25) is 5.91 Å². The Hall–Kier alpha value is -2.36. The normalized spacial score (nSPS) is 12.3. The Morgan fingerprint density at radius 3 is 2.43 bits per heavy atom. The van der Waals surface area contributed by atoms with Gasteiger partial charge in [-0.2, -0.15) is 0 Å². The van der Waals surface area contributed by atoms with Crippen LogP contribution in [0, 0.1) is 5.92 Å². The highest BCUT2D eigenvalue weighted by Gasteiger charge is 2.22. The first-order chi connectivity index (χ1) is 11.0. The fourth-order valence-corrected chi connectivity index (χ4v) is 2.61. The lowest BCUT2D eigenvalue weighted by molar-refractivity contribution is -0.143. The molecule has 4 nitrogen and oxygen atoms in total. The lowest BCUT2D eigenvalue weighted by atomic mass is 10.0. The second kappa shape index (κ2) is 7.77. The molecule has 0 aromatic heterocycles. The summed E-state index contributed by atoms with van der Waals surface area (Å²) in [5.74, 6) is -1.31. The van der Waals surface area contributed by atoms with E-state index in [0.717, 1.165) is 6.42 Å². The van der Waals surface area contributed by atoms with Crippen molar-refractivity contribution in [1.29, 1.82) is 0 Å². The van der Waals surface area contributed by atoms with E-state index in [1.807, 2.05) is 12.1 Å². The number of amides is 1. The van der Waals surface area contributed by atoms with Crippen molar-refractivity contribution in [3.8, 4) is 0 Å². The van der Waals surface area contributed by atoms with Gasteiger partial charge in [-0.3, -0.25) is 4.79 Å². The zero-order chi connectivity index (χ0) is 16.8. The summed E-state index contributed by atoms with van der Waals surface area (Å²) in [4.78, 5) is 23.0. The van der Waals surface area contributed by atoms with Crippen LogP contribution in [0.3, 0.4) is 0 Å². The molecule has 0 saturated heterocycles. The molecule has 2 aromatic carbocycles. The van der Waals surface area contributed by atoms with E-state index in [1.165, 1.54) is 16.3 Å². The molecule has 0 radical (unpaired) electrons. The molecule has 1 atom stereocenters. The number of carboxylic acids is 1. The zero-order valence-electron chi connectivity index (χ0n) is 13.6. The molecule has 0 aliphatic rings. The molecule has 0 aliphatic heterocycles. The molecule has 0 heterocycles. The number of aliphatic carboxylic acids is 1. The molecule has 0 unspecified atom stereocenters. The van der Waals surface area contributed by atoms with Crippen LogP contribution in [0.1, 0.15) is 32.3 Å². The predicted molar refractivity (Wildman–Crippen MR) is 91.3 cm³/mol. The van der Waals surface area contributed by atoms with Crippen LogP contribution in [0.4, 0.5) is 0 Å². The van der Waals surface area contributed by atoms with Gasteiger partial charge in [0, 0.05) is 6.42 Å². The van der Waals surface area contributed by atoms with Gasteiger partial charge in [-0.25, -0.2) is 4.79 Å². The number of aryl methyl sites for hydroxylation is 1. The van der Waals surface area contributed by atoms with Gasteiger partial charge in [-0.15, -0.1) is 0 Å². The van der Waals surface area contributed by atoms with E-state index < -0.39 is 12.0 Å². The second-order valence-electron chi connectivity index (χ2n) is 6.16. The van der Waals surface area contributed by atoms with Crippen molar-refractivity contribution in [2.75, 3.05) is 0 Å². The van der Waals surface area contributed by atoms with Crippen molar-refractivity contribution in [2.45, 2.75) is 39.2 Å². The summed E-state index contributed by atoms with van der Waals surface area (Å²) in [7, 11) is 0. The highest BCUT2D eigenvalue weighted by atomic mass is 16.4. The van der Waals surface area contributed by atoms with Crippen molar-refractivity contribution >= 4 is 22.6 Å². The van der Waals surface area contributed by atoms with Crippen molar-refractivity contribution in [1.82, 2.24) is 5.32 Å². The molecule has 1 amide bonds. The minimum absolute atomic E-state index is 0.128. The van der Waals surface area contributed by atoms with Crippen molar-refractivity contribution in [3.05, 3.63) is 48.0 Å². The molecule has 2 N–H and O–H groups in total. The van der Waals surface area contributed by atoms with E-state index in [1.54, 1.807) is 13.8 Å². The van der Waals surface area contributed by atoms with Crippen LogP contribution in [0.25, 0.3) is 10.8 Å². The van der Waals surface area contributed by atoms with Gasteiger partial charge < -0.3 is 10.4 Å². The number of hydrogen-bond acceptors (Lipinski definition) is 2. The van der Waals surface area contributed by atoms with Crippen molar-refractivity contribution in [3.63, 3.8) is 0 Å². The molecule has 0 bridgehead atoms. The Bertz CT molecular complexity index is 694. The molecule has 4 heteroatoms. The molecular formula is C19H23NO3. The van der Waals surface area contributed by atoms with Crippen LogP contribution in [-0.4, -0.2) is 23.0 Å². The summed E-state index contributed by atoms with van der Waals surface area (Å²) >= 11 is 0. The highest BCUT2D eigenvalue weighted by molar-refractivity contribution is 5.84. The summed E-state index contributed by atoms with van der Waals surface area (Å²) in [6, 6.07) is 13.7. The third-order valence-corrected chi connectivity index (χ3v) is 3.93. The lowest BCUT2D eigenvalue weighted by Crippen LogP contribution is -2.44. The average Bonchev–Trinajstić information content (AvgIpc) is 2.52. The van der Waals surface area contributed by atoms with E-state index in [4.69, 9.17) is 5.11 Å². The number of fused-ring (bicyclic) bond motifs is 1. The van der Waals surface area contributed by atoms with Gasteiger partial charge >= 0.3 is 5.97 Å². The van der Waals surface area contributed by atoms with Gasteiger partial charge in [-0.05, 0) is 35.1 Å². The number of carboxylic acid groups (broad SMARTS) is 1. The van der Waals surface area contributed by atoms with Gasteiger partial charge in [0.25, 0.3) is 0 Å². The first-order valence-corrected chi connectivity index (χ1v) is 7.97. The predicted octanol–water partition coefficient (Wildman–Crippen LogP) is 3.39. The number of carbonyl (C=O) groups is 2. The largest absolute Gasteiger partial charge is 0.480 e. The molecule has 23 heavy (non-hydrogen) atoms. The van der Waals surface area contributed by atoms with Gasteiger partial charge in [0.1, 0.15) is 6.04 Å². The Labute approximate surface area is 136 Å². The van der Waals surface area contributed by atoms with Crippen LogP contribution in [0.2, 0.25) is 0 Å². The average molecular weight is 313 g/mol. The zero-order valence-corrected chi connectivity index (χ0v) is 13.6. The summed E-state index contributed by atoms with van der Waals surface area (Å²) in [5.41, 5.74) is 1.19. The second-order valence-corrected chi connectivity index (χ2v) is 6.16. The van der Waals surface area contributed by atoms with Gasteiger partial charge in [0.15, 0.2) is 0 Å². The summed E-state index contributed by atoms with van der Waals surface area (Å²) in [5, 5.41) is 14.1. The van der Waals surface area contributed by atoms with E-state index in [9.17, 15) is 9.59 Å².